The van der Waals surface area contributed by atoms with Crippen LogP contribution in [-0.4, -0.2) is 34.6 Å². The van der Waals surface area contributed by atoms with Gasteiger partial charge in [0.15, 0.2) is 11.4 Å². The Balaban J connectivity index is 1.85. The molecule has 9 nitrogen and oxygen atoms in total. The van der Waals surface area contributed by atoms with Crippen LogP contribution in [0.25, 0.3) is 22.2 Å². The van der Waals surface area contributed by atoms with E-state index in [9.17, 15) is 4.79 Å². The molecule has 6 aromatic rings. The van der Waals surface area contributed by atoms with Gasteiger partial charge in [-0.05, 0) is 44.2 Å². The second kappa shape index (κ2) is 8.12. The van der Waals surface area contributed by atoms with E-state index in [1.807, 2.05) is 41.0 Å². The first kappa shape index (κ1) is 21.7. The summed E-state index contributed by atoms with van der Waals surface area (Å²) in [5.74, 6) is -0.137. The van der Waals surface area contributed by atoms with Crippen LogP contribution in [0.15, 0.2) is 82.9 Å². The van der Waals surface area contributed by atoms with Crippen molar-refractivity contribution in [3.05, 3.63) is 118 Å². The Morgan fingerprint density at radius 1 is 0.972 bits per heavy atom. The predicted molar refractivity (Wildman–Crippen MR) is 130 cm³/mol. The molecule has 2 N–H and O–H groups in total. The molecule has 0 atom stereocenters. The molecule has 0 radical (unpaired) electrons. The zero-order valence-corrected chi connectivity index (χ0v) is 19.4. The summed E-state index contributed by atoms with van der Waals surface area (Å²) in [4.78, 5) is 31.7. The van der Waals surface area contributed by atoms with E-state index >= 15 is 4.39 Å². The Kier molecular flexibility index (Phi) is 4.89. The molecule has 6 rings (SSSR count). The van der Waals surface area contributed by atoms with E-state index in [2.05, 4.69) is 20.1 Å². The van der Waals surface area contributed by atoms with Gasteiger partial charge >= 0.3 is 5.69 Å². The molecule has 0 saturated heterocycles. The number of imidazole rings is 2. The van der Waals surface area contributed by atoms with Crippen molar-refractivity contribution in [3.63, 3.8) is 0 Å². The molecule has 0 amide bonds. The number of fused-ring (bicyclic) bond motifs is 1. The van der Waals surface area contributed by atoms with Crippen molar-refractivity contribution in [1.82, 2.24) is 34.6 Å². The van der Waals surface area contributed by atoms with Gasteiger partial charge in [-0.2, -0.15) is 0 Å². The van der Waals surface area contributed by atoms with Crippen molar-refractivity contribution in [2.75, 3.05) is 0 Å². The average molecular weight is 481 g/mol. The van der Waals surface area contributed by atoms with Crippen LogP contribution in [0, 0.1) is 19.7 Å². The number of nitrogens with zero attached hydrogens (tertiary/aromatic N) is 5. The normalized spacial score (nSPS) is 11.9. The Morgan fingerprint density at radius 3 is 2.22 bits per heavy atom. The van der Waals surface area contributed by atoms with Gasteiger partial charge in [-0.25, -0.2) is 14.2 Å². The Hall–Kier alpha value is -4.86. The topological polar surface area (TPSA) is 118 Å². The summed E-state index contributed by atoms with van der Waals surface area (Å²) in [7, 11) is 0. The summed E-state index contributed by atoms with van der Waals surface area (Å²) in [6, 6.07) is 12.8. The van der Waals surface area contributed by atoms with Crippen LogP contribution < -0.4 is 5.69 Å². The molecular weight excluding hydrogens is 461 g/mol. The average Bonchev–Trinajstić information content (AvgIpc) is 3.64. The molecule has 0 saturated carbocycles. The summed E-state index contributed by atoms with van der Waals surface area (Å²) < 4.78 is 23.2. The summed E-state index contributed by atoms with van der Waals surface area (Å²) in [6.45, 7) is 3.47. The van der Waals surface area contributed by atoms with Crippen LogP contribution in [0.5, 0.6) is 0 Å². The van der Waals surface area contributed by atoms with E-state index in [4.69, 9.17) is 14.5 Å². The fourth-order valence-electron chi connectivity index (χ4n) is 4.92. The fourth-order valence-corrected chi connectivity index (χ4v) is 4.92. The lowest BCUT2D eigenvalue weighted by Gasteiger charge is -2.35. The van der Waals surface area contributed by atoms with E-state index in [-0.39, 0.29) is 16.6 Å². The molecule has 0 aliphatic carbocycles. The number of aryl methyl sites for hydroxylation is 2. The maximum absolute atomic E-state index is 16.0. The lowest BCUT2D eigenvalue weighted by molar-refractivity contribution is 0.393. The summed E-state index contributed by atoms with van der Waals surface area (Å²) in [6.07, 6.45) is 8.45. The van der Waals surface area contributed by atoms with Crippen LogP contribution in [0.4, 0.5) is 4.39 Å². The number of rotatable bonds is 5. The third-order valence-corrected chi connectivity index (χ3v) is 6.40. The molecule has 0 spiro atoms. The van der Waals surface area contributed by atoms with Crippen molar-refractivity contribution in [1.29, 1.82) is 0 Å². The molecule has 0 bridgehead atoms. The number of H-pyrrole nitrogens is 2. The maximum atomic E-state index is 16.0. The van der Waals surface area contributed by atoms with Gasteiger partial charge in [0.2, 0.25) is 0 Å². The Labute approximate surface area is 203 Å². The van der Waals surface area contributed by atoms with Gasteiger partial charge in [0, 0.05) is 35.9 Å². The molecule has 5 aromatic heterocycles. The van der Waals surface area contributed by atoms with Crippen LogP contribution in [0.3, 0.4) is 0 Å². The number of aromatic amines is 2. The monoisotopic (exact) mass is 481 g/mol. The van der Waals surface area contributed by atoms with E-state index in [0.717, 1.165) is 0 Å². The number of hydrogen-bond donors (Lipinski definition) is 2. The predicted octanol–water partition coefficient (Wildman–Crippen LogP) is 4.09. The molecule has 0 fully saturated rings. The molecular formula is C26H20FN7O2. The minimum absolute atomic E-state index is 0.0313. The van der Waals surface area contributed by atoms with E-state index < -0.39 is 17.0 Å². The van der Waals surface area contributed by atoms with Gasteiger partial charge in [0.05, 0.1) is 34.5 Å². The minimum Gasteiger partial charge on any atom is -0.361 e. The first-order chi connectivity index (χ1) is 17.5. The highest BCUT2D eigenvalue weighted by Gasteiger charge is 2.44. The maximum Gasteiger partial charge on any atom is 0.323 e. The molecule has 1 aromatic carbocycles. The minimum atomic E-state index is -1.22. The molecule has 0 unspecified atom stereocenters. The standard InChI is InChI=1S/C26H20FN7O2/c1-15-21(16(2)36-33-15)17-13-18(23-24(22(17)27)32-25(35)31-23)26(34-12-11-28-14-34,19-7-3-5-9-29-19)20-8-4-6-10-30-20/h3-14H,1-2H3,(H2,31,32,35). The first-order valence-corrected chi connectivity index (χ1v) is 11.2. The molecule has 0 aliphatic heterocycles. The molecule has 0 aliphatic rings. The number of hydrogen-bond acceptors (Lipinski definition) is 6. The third-order valence-electron chi connectivity index (χ3n) is 6.40. The van der Waals surface area contributed by atoms with Crippen LogP contribution in [-0.2, 0) is 5.54 Å². The van der Waals surface area contributed by atoms with Crippen molar-refractivity contribution in [2.45, 2.75) is 19.4 Å². The molecule has 10 heteroatoms. The third kappa shape index (κ3) is 3.04. The zero-order valence-electron chi connectivity index (χ0n) is 19.4. The molecule has 178 valence electrons. The lowest BCUT2D eigenvalue weighted by atomic mass is 9.80. The van der Waals surface area contributed by atoms with Crippen molar-refractivity contribution in [3.8, 4) is 11.1 Å². The quantitative estimate of drug-likeness (QED) is 0.383. The fraction of sp³-hybridized carbons (Fsp3) is 0.115. The van der Waals surface area contributed by atoms with Crippen molar-refractivity contribution < 1.29 is 8.91 Å². The second-order valence-corrected chi connectivity index (χ2v) is 8.42. The highest BCUT2D eigenvalue weighted by atomic mass is 19.1. The Bertz CT molecular complexity index is 1680. The lowest BCUT2D eigenvalue weighted by Crippen LogP contribution is -2.39. The largest absolute Gasteiger partial charge is 0.361 e. The van der Waals surface area contributed by atoms with Gasteiger partial charge in [-0.1, -0.05) is 17.3 Å². The SMILES string of the molecule is Cc1noc(C)c1-c1cc(C(c2ccccn2)(c2ccccn2)n2ccnc2)c2[nH]c(=O)[nH]c2c1F. The highest BCUT2D eigenvalue weighted by Crippen LogP contribution is 2.44. The van der Waals surface area contributed by atoms with Gasteiger partial charge in [-0.15, -0.1) is 0 Å². The van der Waals surface area contributed by atoms with Crippen molar-refractivity contribution >= 4 is 11.0 Å². The first-order valence-electron chi connectivity index (χ1n) is 11.2. The summed E-state index contributed by atoms with van der Waals surface area (Å²) >= 11 is 0. The second-order valence-electron chi connectivity index (χ2n) is 8.42. The van der Waals surface area contributed by atoms with Crippen LogP contribution >= 0.6 is 0 Å². The molecule has 36 heavy (non-hydrogen) atoms. The number of pyridine rings is 2. The molecule has 5 heterocycles. The van der Waals surface area contributed by atoms with E-state index in [0.29, 0.717) is 34.0 Å². The summed E-state index contributed by atoms with van der Waals surface area (Å²) in [5, 5.41) is 4.02. The number of nitrogens with one attached hydrogen (secondary N) is 2. The summed E-state index contributed by atoms with van der Waals surface area (Å²) in [5.41, 5.74) is 1.58. The number of benzene rings is 1. The smallest absolute Gasteiger partial charge is 0.323 e. The van der Waals surface area contributed by atoms with Gasteiger partial charge < -0.3 is 19.1 Å². The van der Waals surface area contributed by atoms with E-state index in [1.165, 1.54) is 0 Å². The highest BCUT2D eigenvalue weighted by molar-refractivity contribution is 5.88. The number of aromatic nitrogens is 7. The zero-order chi connectivity index (χ0) is 24.9. The Morgan fingerprint density at radius 2 is 1.67 bits per heavy atom. The van der Waals surface area contributed by atoms with Gasteiger partial charge in [-0.3, -0.25) is 9.97 Å². The van der Waals surface area contributed by atoms with Gasteiger partial charge in [0.1, 0.15) is 11.3 Å². The van der Waals surface area contributed by atoms with Crippen molar-refractivity contribution in [2.24, 2.45) is 0 Å². The van der Waals surface area contributed by atoms with Crippen LogP contribution in [0.1, 0.15) is 28.4 Å². The van der Waals surface area contributed by atoms with E-state index in [1.54, 1.807) is 51.0 Å². The van der Waals surface area contributed by atoms with Gasteiger partial charge in [0.25, 0.3) is 0 Å². The van der Waals surface area contributed by atoms with Crippen LogP contribution in [0.2, 0.25) is 0 Å². The number of halogens is 1.